The van der Waals surface area contributed by atoms with Gasteiger partial charge in [0, 0.05) is 18.1 Å². The minimum Gasteiger partial charge on any atom is -0.289 e. The fourth-order valence-corrected chi connectivity index (χ4v) is 2.81. The van der Waals surface area contributed by atoms with Gasteiger partial charge in [0.15, 0.2) is 0 Å². The van der Waals surface area contributed by atoms with Crippen molar-refractivity contribution in [3.05, 3.63) is 18.7 Å². The number of rotatable bonds is 4. The summed E-state index contributed by atoms with van der Waals surface area (Å²) in [5.41, 5.74) is 0. The molecule has 0 saturated heterocycles. The summed E-state index contributed by atoms with van der Waals surface area (Å²) in [7, 11) is 0. The Bertz CT molecular complexity index is 300. The monoisotopic (exact) mass is 211 g/mol. The van der Waals surface area contributed by atoms with Crippen LogP contribution in [-0.2, 0) is 0 Å². The minimum atomic E-state index is -0.729. The molecule has 0 aliphatic carbocycles. The third kappa shape index (κ3) is 2.78. The molecular formula is C10H17N3S. The Hall–Kier alpha value is -0.950. The van der Waals surface area contributed by atoms with Crippen molar-refractivity contribution in [3.63, 3.8) is 0 Å². The van der Waals surface area contributed by atoms with Crippen LogP contribution in [0.3, 0.4) is 0 Å². The molecule has 0 fully saturated rings. The van der Waals surface area contributed by atoms with E-state index in [9.17, 15) is 0 Å². The van der Waals surface area contributed by atoms with E-state index >= 15 is 0 Å². The van der Waals surface area contributed by atoms with Gasteiger partial charge in [0.25, 0.3) is 0 Å². The van der Waals surface area contributed by atoms with Crippen LogP contribution in [0.2, 0.25) is 0 Å². The van der Waals surface area contributed by atoms with Crippen molar-refractivity contribution < 1.29 is 0 Å². The van der Waals surface area contributed by atoms with Crippen LogP contribution in [0.25, 0.3) is 0 Å². The number of thiol groups is 1. The Morgan fingerprint density at radius 3 is 2.64 bits per heavy atom. The summed E-state index contributed by atoms with van der Waals surface area (Å²) >= 11 is -0.729. The number of nitrogens with zero attached hydrogens (tertiary/aromatic N) is 3. The van der Waals surface area contributed by atoms with Crippen molar-refractivity contribution in [1.82, 2.24) is 8.96 Å². The Kier molecular flexibility index (Phi) is 4.02. The summed E-state index contributed by atoms with van der Waals surface area (Å²) in [6.07, 6.45) is 5.34. The second-order valence-corrected chi connectivity index (χ2v) is 5.67. The molecule has 1 aromatic heterocycles. The molecule has 0 bridgehead atoms. The molecule has 0 N–H and O–H groups in total. The van der Waals surface area contributed by atoms with E-state index in [2.05, 4.69) is 31.2 Å². The predicted molar refractivity (Wildman–Crippen MR) is 61.1 cm³/mol. The summed E-state index contributed by atoms with van der Waals surface area (Å²) in [5.74, 6) is 2.18. The summed E-state index contributed by atoms with van der Waals surface area (Å²) in [6.45, 7) is 6.60. The van der Waals surface area contributed by atoms with Crippen molar-refractivity contribution in [2.24, 2.45) is 11.8 Å². The molecule has 2 atom stereocenters. The average molecular weight is 211 g/mol. The number of thiocyanates is 1. The van der Waals surface area contributed by atoms with Gasteiger partial charge in [-0.15, -0.1) is 0 Å². The smallest absolute Gasteiger partial charge is 0.129 e. The Morgan fingerprint density at radius 2 is 2.21 bits per heavy atom. The van der Waals surface area contributed by atoms with Gasteiger partial charge in [0.1, 0.15) is 11.7 Å². The molecule has 0 aromatic carbocycles. The maximum atomic E-state index is 9.06. The number of nitriles is 1. The zero-order valence-electron chi connectivity index (χ0n) is 8.88. The molecule has 0 aliphatic heterocycles. The van der Waals surface area contributed by atoms with Gasteiger partial charge in [-0.25, -0.2) is 4.98 Å². The van der Waals surface area contributed by atoms with E-state index in [0.717, 1.165) is 5.75 Å². The van der Waals surface area contributed by atoms with Gasteiger partial charge >= 0.3 is 0 Å². The SMILES string of the molecule is CC(C)C(C)C[SH](C#N)n1ccnc1. The summed E-state index contributed by atoms with van der Waals surface area (Å²) in [5, 5.41) is 11.4. The van der Waals surface area contributed by atoms with Crippen LogP contribution in [0.15, 0.2) is 18.7 Å². The summed E-state index contributed by atoms with van der Waals surface area (Å²) in [4.78, 5) is 3.97. The molecule has 3 nitrogen and oxygen atoms in total. The van der Waals surface area contributed by atoms with Crippen molar-refractivity contribution in [1.29, 1.82) is 5.26 Å². The third-order valence-electron chi connectivity index (χ3n) is 2.48. The van der Waals surface area contributed by atoms with Gasteiger partial charge in [0.2, 0.25) is 0 Å². The van der Waals surface area contributed by atoms with Crippen LogP contribution in [0.5, 0.6) is 0 Å². The van der Waals surface area contributed by atoms with Crippen molar-refractivity contribution in [2.45, 2.75) is 20.8 Å². The van der Waals surface area contributed by atoms with Gasteiger partial charge in [-0.3, -0.25) is 3.97 Å². The lowest BCUT2D eigenvalue weighted by molar-refractivity contribution is 0.463. The number of hydrogen-bond donors (Lipinski definition) is 1. The quantitative estimate of drug-likeness (QED) is 0.614. The average Bonchev–Trinajstić information content (AvgIpc) is 2.66. The van der Waals surface area contributed by atoms with Crippen LogP contribution in [-0.4, -0.2) is 14.7 Å². The van der Waals surface area contributed by atoms with E-state index in [0.29, 0.717) is 11.8 Å². The van der Waals surface area contributed by atoms with E-state index in [1.165, 1.54) is 0 Å². The maximum absolute atomic E-state index is 9.06. The molecule has 2 unspecified atom stereocenters. The summed E-state index contributed by atoms with van der Waals surface area (Å²) in [6, 6.07) is 0. The molecule has 1 heterocycles. The predicted octanol–water partition coefficient (Wildman–Crippen LogP) is 2.42. The molecule has 0 aliphatic rings. The fraction of sp³-hybridized carbons (Fsp3) is 0.600. The lowest BCUT2D eigenvalue weighted by atomic mass is 10.0. The van der Waals surface area contributed by atoms with Crippen molar-refractivity contribution in [2.75, 3.05) is 5.75 Å². The first-order valence-corrected chi connectivity index (χ1v) is 6.28. The van der Waals surface area contributed by atoms with E-state index < -0.39 is 11.1 Å². The van der Waals surface area contributed by atoms with Gasteiger partial charge in [0.05, 0.1) is 0 Å². The maximum Gasteiger partial charge on any atom is 0.129 e. The molecule has 1 aromatic rings. The third-order valence-corrected chi connectivity index (χ3v) is 4.43. The molecule has 14 heavy (non-hydrogen) atoms. The highest BCUT2D eigenvalue weighted by atomic mass is 32.2. The molecule has 0 amide bonds. The first-order chi connectivity index (χ1) is 6.65. The first-order valence-electron chi connectivity index (χ1n) is 4.80. The van der Waals surface area contributed by atoms with E-state index in [1.807, 2.05) is 10.2 Å². The topological polar surface area (TPSA) is 41.6 Å². The van der Waals surface area contributed by atoms with E-state index in [1.54, 1.807) is 12.5 Å². The second kappa shape index (κ2) is 5.06. The molecule has 4 heteroatoms. The zero-order valence-corrected chi connectivity index (χ0v) is 9.78. The molecule has 0 spiro atoms. The lowest BCUT2D eigenvalue weighted by Crippen LogP contribution is -2.11. The summed E-state index contributed by atoms with van der Waals surface area (Å²) < 4.78 is 1.94. The lowest BCUT2D eigenvalue weighted by Gasteiger charge is -2.21. The molecule has 0 saturated carbocycles. The minimum absolute atomic E-state index is 0.586. The van der Waals surface area contributed by atoms with Crippen LogP contribution < -0.4 is 0 Å². The largest absolute Gasteiger partial charge is 0.289 e. The highest BCUT2D eigenvalue weighted by Gasteiger charge is 2.13. The molecule has 1 rings (SSSR count). The van der Waals surface area contributed by atoms with Crippen LogP contribution in [0, 0.1) is 22.5 Å². The fourth-order valence-electron chi connectivity index (χ4n) is 1.07. The zero-order chi connectivity index (χ0) is 10.6. The molecule has 78 valence electrons. The standard InChI is InChI=1S/C10H17N3S/c1-9(2)10(3)6-14(7-11)13-5-4-12-8-13/h4-5,8-10,14H,6H2,1-3H3. The van der Waals surface area contributed by atoms with E-state index in [4.69, 9.17) is 5.26 Å². The normalized spacial score (nSPS) is 16.4. The Morgan fingerprint density at radius 1 is 1.50 bits per heavy atom. The molecular weight excluding hydrogens is 194 g/mol. The molecule has 0 radical (unpaired) electrons. The number of hydrogen-bond acceptors (Lipinski definition) is 2. The van der Waals surface area contributed by atoms with Gasteiger partial charge in [-0.05, 0) is 11.8 Å². The second-order valence-electron chi connectivity index (χ2n) is 3.85. The van der Waals surface area contributed by atoms with Gasteiger partial charge in [-0.2, -0.15) is 5.26 Å². The number of imidazole rings is 1. The van der Waals surface area contributed by atoms with Crippen LogP contribution >= 0.6 is 11.1 Å². The van der Waals surface area contributed by atoms with Gasteiger partial charge < -0.3 is 0 Å². The van der Waals surface area contributed by atoms with Crippen LogP contribution in [0.1, 0.15) is 20.8 Å². The van der Waals surface area contributed by atoms with Crippen molar-refractivity contribution >= 4 is 11.1 Å². The van der Waals surface area contributed by atoms with Crippen LogP contribution in [0.4, 0.5) is 0 Å². The first kappa shape index (κ1) is 11.1. The van der Waals surface area contributed by atoms with Crippen molar-refractivity contribution in [3.8, 4) is 5.40 Å². The number of aromatic nitrogens is 2. The Labute approximate surface area is 88.2 Å². The van der Waals surface area contributed by atoms with Gasteiger partial charge in [-0.1, -0.05) is 31.9 Å². The highest BCUT2D eigenvalue weighted by molar-refractivity contribution is 8.19. The highest BCUT2D eigenvalue weighted by Crippen LogP contribution is 2.30. The Balaban J connectivity index is 2.62. The van der Waals surface area contributed by atoms with E-state index in [-0.39, 0.29) is 0 Å².